The topological polar surface area (TPSA) is 40.7 Å². The van der Waals surface area contributed by atoms with Gasteiger partial charge >= 0.3 is 0 Å². The zero-order valence-corrected chi connectivity index (χ0v) is 13.1. The molecule has 3 aromatic rings. The molecule has 4 heteroatoms. The van der Waals surface area contributed by atoms with Crippen LogP contribution in [0.1, 0.15) is 29.6 Å². The molecule has 0 fully saturated rings. The van der Waals surface area contributed by atoms with Crippen LogP contribution >= 0.6 is 11.3 Å². The lowest BCUT2D eigenvalue weighted by Crippen LogP contribution is -2.04. The van der Waals surface area contributed by atoms with Gasteiger partial charge in [0.2, 0.25) is 0 Å². The molecule has 2 heterocycles. The van der Waals surface area contributed by atoms with Gasteiger partial charge < -0.3 is 10.3 Å². The summed E-state index contributed by atoms with van der Waals surface area (Å²) in [5.74, 6) is 0. The fourth-order valence-corrected chi connectivity index (χ4v) is 3.25. The number of aryl methyl sites for hydroxylation is 1. The maximum atomic E-state index is 4.05. The van der Waals surface area contributed by atoms with Crippen molar-refractivity contribution in [3.8, 4) is 11.3 Å². The SMILES string of the molecule is CCc1ccc(C(C)Nc2ccc(-c3cnc[nH]3)cc2)s1. The third-order valence-corrected chi connectivity index (χ3v) is 4.95. The molecule has 3 rings (SSSR count). The van der Waals surface area contributed by atoms with Crippen LogP contribution in [0.4, 0.5) is 5.69 Å². The Morgan fingerprint density at radius 1 is 1.19 bits per heavy atom. The van der Waals surface area contributed by atoms with Crippen LogP contribution in [0.25, 0.3) is 11.3 Å². The smallest absolute Gasteiger partial charge is 0.0924 e. The van der Waals surface area contributed by atoms with Crippen LogP contribution in [-0.4, -0.2) is 9.97 Å². The van der Waals surface area contributed by atoms with Crippen molar-refractivity contribution in [1.82, 2.24) is 9.97 Å². The van der Waals surface area contributed by atoms with Crippen molar-refractivity contribution >= 4 is 17.0 Å². The molecule has 0 aliphatic rings. The van der Waals surface area contributed by atoms with Gasteiger partial charge in [-0.25, -0.2) is 4.98 Å². The highest BCUT2D eigenvalue weighted by molar-refractivity contribution is 7.12. The number of benzene rings is 1. The number of thiophene rings is 1. The molecule has 0 aliphatic heterocycles. The summed E-state index contributed by atoms with van der Waals surface area (Å²) in [4.78, 5) is 9.99. The van der Waals surface area contributed by atoms with Gasteiger partial charge in [0.05, 0.1) is 24.3 Å². The molecule has 21 heavy (non-hydrogen) atoms. The minimum Gasteiger partial charge on any atom is -0.378 e. The van der Waals surface area contributed by atoms with Crippen molar-refractivity contribution < 1.29 is 0 Å². The predicted molar refractivity (Wildman–Crippen MR) is 89.8 cm³/mol. The van der Waals surface area contributed by atoms with Crippen molar-refractivity contribution in [3.63, 3.8) is 0 Å². The minimum atomic E-state index is 0.327. The second kappa shape index (κ2) is 6.14. The number of H-pyrrole nitrogens is 1. The summed E-state index contributed by atoms with van der Waals surface area (Å²) in [5, 5.41) is 3.55. The number of nitrogens with one attached hydrogen (secondary N) is 2. The molecule has 0 bridgehead atoms. The van der Waals surface area contributed by atoms with E-state index in [0.29, 0.717) is 6.04 Å². The van der Waals surface area contributed by atoms with E-state index in [0.717, 1.165) is 23.4 Å². The predicted octanol–water partition coefficient (Wildman–Crippen LogP) is 4.87. The summed E-state index contributed by atoms with van der Waals surface area (Å²) in [5.41, 5.74) is 3.33. The van der Waals surface area contributed by atoms with E-state index in [2.05, 4.69) is 65.5 Å². The molecule has 0 saturated carbocycles. The largest absolute Gasteiger partial charge is 0.378 e. The highest BCUT2D eigenvalue weighted by atomic mass is 32.1. The van der Waals surface area contributed by atoms with Gasteiger partial charge in [-0.1, -0.05) is 19.1 Å². The highest BCUT2D eigenvalue weighted by Crippen LogP contribution is 2.27. The molecule has 0 spiro atoms. The zero-order chi connectivity index (χ0) is 14.7. The first-order chi connectivity index (χ1) is 10.3. The quantitative estimate of drug-likeness (QED) is 0.705. The first-order valence-electron chi connectivity index (χ1n) is 7.20. The zero-order valence-electron chi connectivity index (χ0n) is 12.3. The number of aromatic nitrogens is 2. The Morgan fingerprint density at radius 2 is 2.00 bits per heavy atom. The molecule has 0 radical (unpaired) electrons. The second-order valence-electron chi connectivity index (χ2n) is 5.07. The van der Waals surface area contributed by atoms with Crippen LogP contribution < -0.4 is 5.32 Å². The fraction of sp³-hybridized carbons (Fsp3) is 0.235. The van der Waals surface area contributed by atoms with E-state index < -0.39 is 0 Å². The summed E-state index contributed by atoms with van der Waals surface area (Å²) in [6.45, 7) is 4.40. The Labute approximate surface area is 129 Å². The van der Waals surface area contributed by atoms with E-state index in [1.54, 1.807) is 6.33 Å². The second-order valence-corrected chi connectivity index (χ2v) is 6.27. The summed E-state index contributed by atoms with van der Waals surface area (Å²) >= 11 is 1.89. The average molecular weight is 297 g/mol. The number of hydrogen-bond acceptors (Lipinski definition) is 3. The minimum absolute atomic E-state index is 0.327. The summed E-state index contributed by atoms with van der Waals surface area (Å²) < 4.78 is 0. The Hall–Kier alpha value is -2.07. The lowest BCUT2D eigenvalue weighted by atomic mass is 10.1. The van der Waals surface area contributed by atoms with Gasteiger partial charge in [0, 0.05) is 15.4 Å². The number of rotatable bonds is 5. The molecule has 1 aromatic carbocycles. The molecule has 0 saturated heterocycles. The van der Waals surface area contributed by atoms with Gasteiger partial charge in [-0.2, -0.15) is 0 Å². The lowest BCUT2D eigenvalue weighted by molar-refractivity contribution is 0.908. The number of aromatic amines is 1. The molecule has 108 valence electrons. The van der Waals surface area contributed by atoms with Crippen molar-refractivity contribution in [3.05, 3.63) is 58.7 Å². The van der Waals surface area contributed by atoms with Gasteiger partial charge in [0.15, 0.2) is 0 Å². The molecular weight excluding hydrogens is 278 g/mol. The van der Waals surface area contributed by atoms with E-state index in [9.17, 15) is 0 Å². The van der Waals surface area contributed by atoms with Crippen LogP contribution in [0, 0.1) is 0 Å². The Balaban J connectivity index is 1.70. The molecule has 3 nitrogen and oxygen atoms in total. The first-order valence-corrected chi connectivity index (χ1v) is 8.02. The number of hydrogen-bond donors (Lipinski definition) is 2. The fourth-order valence-electron chi connectivity index (χ4n) is 2.30. The van der Waals surface area contributed by atoms with Gasteiger partial charge in [-0.05, 0) is 43.2 Å². The standard InChI is InChI=1S/C17H19N3S/c1-3-15-8-9-17(21-15)12(2)20-14-6-4-13(5-7-14)16-10-18-11-19-16/h4-12,20H,3H2,1-2H3,(H,18,19). The number of anilines is 1. The molecular formula is C17H19N3S. The van der Waals surface area contributed by atoms with Gasteiger partial charge in [-0.15, -0.1) is 11.3 Å². The average Bonchev–Trinajstić information content (AvgIpc) is 3.19. The van der Waals surface area contributed by atoms with E-state index in [4.69, 9.17) is 0 Å². The molecule has 0 amide bonds. The molecule has 0 aliphatic carbocycles. The maximum Gasteiger partial charge on any atom is 0.0924 e. The van der Waals surface area contributed by atoms with Crippen molar-refractivity contribution in [1.29, 1.82) is 0 Å². The summed E-state index contributed by atoms with van der Waals surface area (Å²) in [7, 11) is 0. The third-order valence-electron chi connectivity index (χ3n) is 3.53. The number of imidazole rings is 1. The van der Waals surface area contributed by atoms with Crippen LogP contribution in [0.15, 0.2) is 48.9 Å². The molecule has 1 unspecified atom stereocenters. The third kappa shape index (κ3) is 3.16. The van der Waals surface area contributed by atoms with E-state index >= 15 is 0 Å². The van der Waals surface area contributed by atoms with Crippen molar-refractivity contribution in [2.45, 2.75) is 26.3 Å². The normalized spacial score (nSPS) is 12.3. The molecule has 2 N–H and O–H groups in total. The van der Waals surface area contributed by atoms with Crippen LogP contribution in [0.2, 0.25) is 0 Å². The summed E-state index contributed by atoms with van der Waals surface area (Å²) in [6.07, 6.45) is 4.64. The maximum absolute atomic E-state index is 4.05. The summed E-state index contributed by atoms with van der Waals surface area (Å²) in [6, 6.07) is 13.2. The van der Waals surface area contributed by atoms with Crippen molar-refractivity contribution in [2.75, 3.05) is 5.32 Å². The van der Waals surface area contributed by atoms with Crippen LogP contribution in [-0.2, 0) is 6.42 Å². The van der Waals surface area contributed by atoms with Gasteiger partial charge in [0.25, 0.3) is 0 Å². The van der Waals surface area contributed by atoms with Crippen LogP contribution in [0.5, 0.6) is 0 Å². The monoisotopic (exact) mass is 297 g/mol. The Kier molecular flexibility index (Phi) is 4.06. The van der Waals surface area contributed by atoms with Crippen LogP contribution in [0.3, 0.4) is 0 Å². The molecule has 2 aromatic heterocycles. The lowest BCUT2D eigenvalue weighted by Gasteiger charge is -2.14. The first kappa shape index (κ1) is 13.9. The van der Waals surface area contributed by atoms with E-state index in [1.165, 1.54) is 9.75 Å². The van der Waals surface area contributed by atoms with Crippen molar-refractivity contribution in [2.24, 2.45) is 0 Å². The van der Waals surface area contributed by atoms with E-state index in [-0.39, 0.29) is 0 Å². The molecule has 1 atom stereocenters. The number of nitrogens with zero attached hydrogens (tertiary/aromatic N) is 1. The van der Waals surface area contributed by atoms with E-state index in [1.807, 2.05) is 17.5 Å². The highest BCUT2D eigenvalue weighted by Gasteiger charge is 2.08. The van der Waals surface area contributed by atoms with Gasteiger partial charge in [-0.3, -0.25) is 0 Å². The Morgan fingerprint density at radius 3 is 2.62 bits per heavy atom. The Bertz CT molecular complexity index is 683. The van der Waals surface area contributed by atoms with Gasteiger partial charge in [0.1, 0.15) is 0 Å².